The van der Waals surface area contributed by atoms with Crippen LogP contribution in [0.3, 0.4) is 0 Å². The zero-order valence-electron chi connectivity index (χ0n) is 10.8. The van der Waals surface area contributed by atoms with Crippen LogP contribution < -0.4 is 10.5 Å². The van der Waals surface area contributed by atoms with Crippen LogP contribution in [0.5, 0.6) is 0 Å². The molecule has 0 saturated heterocycles. The molecule has 0 saturated carbocycles. The minimum absolute atomic E-state index is 0.0662. The molecule has 0 unspecified atom stereocenters. The average Bonchev–Trinajstić information content (AvgIpc) is 2.38. The van der Waals surface area contributed by atoms with E-state index in [1.165, 1.54) is 0 Å². The third-order valence-corrected chi connectivity index (χ3v) is 3.02. The molecule has 0 fully saturated rings. The Morgan fingerprint density at radius 2 is 1.89 bits per heavy atom. The Morgan fingerprint density at radius 1 is 1.17 bits per heavy atom. The summed E-state index contributed by atoms with van der Waals surface area (Å²) in [5.41, 5.74) is 2.24. The quantitative estimate of drug-likeness (QED) is 0.822. The van der Waals surface area contributed by atoms with Crippen LogP contribution in [-0.2, 0) is 6.54 Å². The van der Waals surface area contributed by atoms with Gasteiger partial charge in [-0.3, -0.25) is 4.79 Å². The van der Waals surface area contributed by atoms with Crippen LogP contribution in [0, 0.1) is 6.92 Å². The van der Waals surface area contributed by atoms with Crippen molar-refractivity contribution in [3.05, 3.63) is 64.6 Å². The lowest BCUT2D eigenvalue weighted by Crippen LogP contribution is -2.27. The number of para-hydroxylation sites is 1. The zero-order valence-corrected chi connectivity index (χ0v) is 10.8. The predicted octanol–water partition coefficient (Wildman–Crippen LogP) is 2.29. The van der Waals surface area contributed by atoms with Gasteiger partial charge < -0.3 is 9.47 Å². The van der Waals surface area contributed by atoms with E-state index >= 15 is 0 Å². The number of hydrogen-bond donors (Lipinski definition) is 0. The van der Waals surface area contributed by atoms with Gasteiger partial charge in [-0.25, -0.2) is 0 Å². The van der Waals surface area contributed by atoms with Gasteiger partial charge in [0, 0.05) is 38.1 Å². The van der Waals surface area contributed by atoms with Gasteiger partial charge in [0.05, 0.1) is 0 Å². The number of hydrogen-bond acceptors (Lipinski definition) is 2. The normalized spacial score (nSPS) is 10.3. The minimum atomic E-state index is 0.0662. The summed E-state index contributed by atoms with van der Waals surface area (Å²) in [6, 6.07) is 13.8. The fourth-order valence-corrected chi connectivity index (χ4v) is 1.86. The maximum absolute atomic E-state index is 11.7. The predicted molar refractivity (Wildman–Crippen MR) is 75.2 cm³/mol. The van der Waals surface area contributed by atoms with Crippen molar-refractivity contribution in [2.75, 3.05) is 18.5 Å². The SMILES string of the molecule is Cc1ccn(CCN(C)c2ccccc2)c(=O)c1. The summed E-state index contributed by atoms with van der Waals surface area (Å²) in [7, 11) is 2.04. The van der Waals surface area contributed by atoms with Crippen molar-refractivity contribution in [2.24, 2.45) is 0 Å². The Kier molecular flexibility index (Phi) is 3.82. The molecule has 0 aliphatic carbocycles. The highest BCUT2D eigenvalue weighted by Crippen LogP contribution is 2.10. The van der Waals surface area contributed by atoms with Gasteiger partial charge in [-0.1, -0.05) is 18.2 Å². The summed E-state index contributed by atoms with van der Waals surface area (Å²) in [5, 5.41) is 0. The lowest BCUT2D eigenvalue weighted by Gasteiger charge is -2.19. The molecule has 0 amide bonds. The van der Waals surface area contributed by atoms with E-state index < -0.39 is 0 Å². The van der Waals surface area contributed by atoms with E-state index in [4.69, 9.17) is 0 Å². The number of nitrogens with zero attached hydrogens (tertiary/aromatic N) is 2. The number of benzene rings is 1. The Bertz CT molecular complexity index is 560. The second-order valence-electron chi connectivity index (χ2n) is 4.49. The van der Waals surface area contributed by atoms with Crippen LogP contribution in [0.25, 0.3) is 0 Å². The largest absolute Gasteiger partial charge is 0.373 e. The molecule has 0 atom stereocenters. The summed E-state index contributed by atoms with van der Waals surface area (Å²) < 4.78 is 1.74. The van der Waals surface area contributed by atoms with E-state index in [-0.39, 0.29) is 5.56 Å². The molecular formula is C15H18N2O. The molecule has 0 N–H and O–H groups in total. The van der Waals surface area contributed by atoms with E-state index in [1.54, 1.807) is 10.6 Å². The smallest absolute Gasteiger partial charge is 0.250 e. The Morgan fingerprint density at radius 3 is 2.56 bits per heavy atom. The summed E-state index contributed by atoms with van der Waals surface area (Å²) in [6.45, 7) is 3.44. The van der Waals surface area contributed by atoms with Gasteiger partial charge in [0.2, 0.25) is 0 Å². The molecule has 18 heavy (non-hydrogen) atoms. The van der Waals surface area contributed by atoms with Crippen LogP contribution in [0.1, 0.15) is 5.56 Å². The molecule has 0 bridgehead atoms. The molecule has 1 heterocycles. The number of anilines is 1. The van der Waals surface area contributed by atoms with Gasteiger partial charge in [0.1, 0.15) is 0 Å². The molecule has 1 aromatic carbocycles. The van der Waals surface area contributed by atoms with Crippen LogP contribution in [0.2, 0.25) is 0 Å². The van der Waals surface area contributed by atoms with Crippen LogP contribution in [0.4, 0.5) is 5.69 Å². The van der Waals surface area contributed by atoms with Crippen molar-refractivity contribution in [1.29, 1.82) is 0 Å². The zero-order chi connectivity index (χ0) is 13.0. The van der Waals surface area contributed by atoms with E-state index in [9.17, 15) is 4.79 Å². The number of rotatable bonds is 4. The lowest BCUT2D eigenvalue weighted by atomic mass is 10.3. The first-order valence-corrected chi connectivity index (χ1v) is 6.10. The molecule has 0 aliphatic heterocycles. The van der Waals surface area contributed by atoms with Gasteiger partial charge in [-0.2, -0.15) is 0 Å². The second-order valence-corrected chi connectivity index (χ2v) is 4.49. The van der Waals surface area contributed by atoms with Crippen molar-refractivity contribution >= 4 is 5.69 Å². The second kappa shape index (κ2) is 5.54. The molecular weight excluding hydrogens is 224 g/mol. The molecule has 0 aliphatic rings. The van der Waals surface area contributed by atoms with Gasteiger partial charge in [-0.15, -0.1) is 0 Å². The van der Waals surface area contributed by atoms with E-state index in [0.717, 1.165) is 17.8 Å². The first kappa shape index (κ1) is 12.4. The monoisotopic (exact) mass is 242 g/mol. The molecule has 0 radical (unpaired) electrons. The maximum Gasteiger partial charge on any atom is 0.250 e. The Balaban J connectivity index is 2.02. The van der Waals surface area contributed by atoms with E-state index in [0.29, 0.717) is 6.54 Å². The maximum atomic E-state index is 11.7. The number of aromatic nitrogens is 1. The summed E-state index contributed by atoms with van der Waals surface area (Å²) in [4.78, 5) is 13.9. The Labute approximate surface area is 107 Å². The fraction of sp³-hybridized carbons (Fsp3) is 0.267. The molecule has 3 heteroatoms. The number of aryl methyl sites for hydroxylation is 1. The van der Waals surface area contributed by atoms with Crippen LogP contribution in [0.15, 0.2) is 53.5 Å². The third kappa shape index (κ3) is 3.00. The highest BCUT2D eigenvalue weighted by atomic mass is 16.1. The highest BCUT2D eigenvalue weighted by molar-refractivity contribution is 5.44. The van der Waals surface area contributed by atoms with Gasteiger partial charge in [0.25, 0.3) is 5.56 Å². The van der Waals surface area contributed by atoms with Crippen molar-refractivity contribution in [3.8, 4) is 0 Å². The van der Waals surface area contributed by atoms with E-state index in [1.807, 2.05) is 44.4 Å². The van der Waals surface area contributed by atoms with Crippen molar-refractivity contribution in [1.82, 2.24) is 4.57 Å². The third-order valence-electron chi connectivity index (χ3n) is 3.02. The van der Waals surface area contributed by atoms with Crippen LogP contribution in [-0.4, -0.2) is 18.2 Å². The molecule has 2 rings (SSSR count). The van der Waals surface area contributed by atoms with Crippen molar-refractivity contribution in [3.63, 3.8) is 0 Å². The molecule has 0 spiro atoms. The number of pyridine rings is 1. The van der Waals surface area contributed by atoms with Crippen molar-refractivity contribution < 1.29 is 0 Å². The molecule has 94 valence electrons. The molecule has 1 aromatic heterocycles. The highest BCUT2D eigenvalue weighted by Gasteiger charge is 2.01. The summed E-state index contributed by atoms with van der Waals surface area (Å²) >= 11 is 0. The minimum Gasteiger partial charge on any atom is -0.373 e. The fourth-order valence-electron chi connectivity index (χ4n) is 1.86. The van der Waals surface area contributed by atoms with Gasteiger partial charge in [-0.05, 0) is 30.7 Å². The van der Waals surface area contributed by atoms with E-state index in [2.05, 4.69) is 17.0 Å². The standard InChI is InChI=1S/C15H18N2O/c1-13-8-9-17(15(18)12-13)11-10-16(2)14-6-4-3-5-7-14/h3-9,12H,10-11H2,1-2H3. The topological polar surface area (TPSA) is 25.2 Å². The first-order chi connectivity index (χ1) is 8.66. The molecule has 3 nitrogen and oxygen atoms in total. The summed E-state index contributed by atoms with van der Waals surface area (Å²) in [6.07, 6.45) is 1.86. The Hall–Kier alpha value is -2.03. The van der Waals surface area contributed by atoms with Crippen LogP contribution >= 0.6 is 0 Å². The first-order valence-electron chi connectivity index (χ1n) is 6.10. The van der Waals surface area contributed by atoms with Gasteiger partial charge in [0.15, 0.2) is 0 Å². The number of likely N-dealkylation sites (N-methyl/N-ethyl adjacent to an activating group) is 1. The summed E-state index contributed by atoms with van der Waals surface area (Å²) in [5.74, 6) is 0. The van der Waals surface area contributed by atoms with Gasteiger partial charge >= 0.3 is 0 Å². The average molecular weight is 242 g/mol. The molecule has 2 aromatic rings. The van der Waals surface area contributed by atoms with Crippen molar-refractivity contribution in [2.45, 2.75) is 13.5 Å². The lowest BCUT2D eigenvalue weighted by molar-refractivity contribution is 0.660.